The highest BCUT2D eigenvalue weighted by Gasteiger charge is 2.24. The zero-order valence-electron chi connectivity index (χ0n) is 17.8. The normalized spacial score (nSPS) is 13.8. The number of fused-ring (bicyclic) bond motifs is 1. The number of amides is 1. The second-order valence-corrected chi connectivity index (χ2v) is 7.16. The van der Waals surface area contributed by atoms with E-state index in [4.69, 9.17) is 18.9 Å². The molecule has 0 saturated heterocycles. The Morgan fingerprint density at radius 3 is 2.42 bits per heavy atom. The quantitative estimate of drug-likeness (QED) is 0.656. The monoisotopic (exact) mass is 423 g/mol. The zero-order chi connectivity index (χ0) is 21.8. The van der Waals surface area contributed by atoms with Gasteiger partial charge in [0.25, 0.3) is 5.91 Å². The molecule has 4 rings (SSSR count). The third-order valence-electron chi connectivity index (χ3n) is 5.11. The summed E-state index contributed by atoms with van der Waals surface area (Å²) in [5.41, 5.74) is 1.26. The van der Waals surface area contributed by atoms with E-state index in [1.54, 1.807) is 44.7 Å². The minimum absolute atomic E-state index is 0.259. The largest absolute Gasteiger partial charge is 0.497 e. The highest BCUT2D eigenvalue weighted by Crippen LogP contribution is 2.32. The van der Waals surface area contributed by atoms with Crippen molar-refractivity contribution in [3.05, 3.63) is 65.7 Å². The van der Waals surface area contributed by atoms with Crippen LogP contribution in [0, 0.1) is 0 Å². The fraction of sp³-hybridized carbons (Fsp3) is 0.304. The number of carbonyl (C=O) groups excluding carboxylic acids is 1. The van der Waals surface area contributed by atoms with Gasteiger partial charge >= 0.3 is 0 Å². The smallest absolute Gasteiger partial charge is 0.252 e. The van der Waals surface area contributed by atoms with E-state index in [2.05, 4.69) is 10.3 Å². The molecule has 1 aliphatic rings. The Morgan fingerprint density at radius 1 is 1.06 bits per heavy atom. The highest BCUT2D eigenvalue weighted by molar-refractivity contribution is 5.95. The van der Waals surface area contributed by atoms with Crippen LogP contribution in [0.3, 0.4) is 0 Å². The first-order valence-electron chi connectivity index (χ1n) is 9.99. The number of imidazole rings is 1. The van der Waals surface area contributed by atoms with Crippen molar-refractivity contribution < 1.29 is 23.7 Å². The molecule has 8 nitrogen and oxygen atoms in total. The van der Waals surface area contributed by atoms with Crippen molar-refractivity contribution in [2.24, 2.45) is 7.05 Å². The molecule has 1 N–H and O–H groups in total. The molecule has 0 saturated carbocycles. The van der Waals surface area contributed by atoms with Gasteiger partial charge < -0.3 is 28.8 Å². The molecule has 1 aliphatic heterocycles. The zero-order valence-corrected chi connectivity index (χ0v) is 17.8. The van der Waals surface area contributed by atoms with Gasteiger partial charge in [-0.25, -0.2) is 4.98 Å². The molecule has 8 heteroatoms. The molecule has 0 fully saturated rings. The minimum Gasteiger partial charge on any atom is -0.497 e. The Morgan fingerprint density at radius 2 is 1.77 bits per heavy atom. The summed E-state index contributed by atoms with van der Waals surface area (Å²) in [5, 5.41) is 3.09. The van der Waals surface area contributed by atoms with Gasteiger partial charge in [0.2, 0.25) is 0 Å². The number of benzene rings is 2. The fourth-order valence-electron chi connectivity index (χ4n) is 3.47. The SMILES string of the molecule is COc1cc(OC)cc(C(NC(=O)c2ccc3c(c2)OCCCO3)c2nccn2C)c1. The topological polar surface area (TPSA) is 83.8 Å². The van der Waals surface area contributed by atoms with Crippen molar-refractivity contribution in [3.63, 3.8) is 0 Å². The molecular formula is C23H25N3O5. The maximum absolute atomic E-state index is 13.2. The van der Waals surface area contributed by atoms with Crippen molar-refractivity contribution in [2.45, 2.75) is 12.5 Å². The predicted octanol–water partition coefficient (Wildman–Crippen LogP) is 3.12. The van der Waals surface area contributed by atoms with Crippen LogP contribution in [0.4, 0.5) is 0 Å². The van der Waals surface area contributed by atoms with E-state index < -0.39 is 6.04 Å². The van der Waals surface area contributed by atoms with Crippen LogP contribution in [-0.2, 0) is 7.05 Å². The molecule has 2 heterocycles. The lowest BCUT2D eigenvalue weighted by Crippen LogP contribution is -2.31. The molecule has 162 valence electrons. The summed E-state index contributed by atoms with van der Waals surface area (Å²) in [6.45, 7) is 1.15. The summed E-state index contributed by atoms with van der Waals surface area (Å²) in [5.74, 6) is 2.88. The summed E-state index contributed by atoms with van der Waals surface area (Å²) in [6, 6.07) is 10.2. The maximum Gasteiger partial charge on any atom is 0.252 e. The van der Waals surface area contributed by atoms with Gasteiger partial charge in [0, 0.05) is 37.5 Å². The van der Waals surface area contributed by atoms with Gasteiger partial charge in [-0.05, 0) is 35.9 Å². The summed E-state index contributed by atoms with van der Waals surface area (Å²) < 4.78 is 24.1. The lowest BCUT2D eigenvalue weighted by Gasteiger charge is -2.21. The van der Waals surface area contributed by atoms with Gasteiger partial charge in [0.05, 0.1) is 27.4 Å². The summed E-state index contributed by atoms with van der Waals surface area (Å²) in [7, 11) is 5.06. The summed E-state index contributed by atoms with van der Waals surface area (Å²) in [6.07, 6.45) is 4.33. The first-order chi connectivity index (χ1) is 15.1. The first kappa shape index (κ1) is 20.6. The number of nitrogens with zero attached hydrogens (tertiary/aromatic N) is 2. The molecule has 1 atom stereocenters. The van der Waals surface area contributed by atoms with Crippen LogP contribution in [0.2, 0.25) is 0 Å². The number of aromatic nitrogens is 2. The van der Waals surface area contributed by atoms with Crippen LogP contribution < -0.4 is 24.3 Å². The van der Waals surface area contributed by atoms with Gasteiger partial charge in [0.1, 0.15) is 23.4 Å². The Balaban J connectivity index is 1.68. The van der Waals surface area contributed by atoms with Crippen LogP contribution in [0.5, 0.6) is 23.0 Å². The molecule has 3 aromatic rings. The lowest BCUT2D eigenvalue weighted by atomic mass is 10.0. The van der Waals surface area contributed by atoms with Gasteiger partial charge in [-0.3, -0.25) is 4.79 Å². The molecule has 2 aromatic carbocycles. The Labute approximate surface area is 180 Å². The van der Waals surface area contributed by atoms with Crippen molar-refractivity contribution in [3.8, 4) is 23.0 Å². The number of rotatable bonds is 6. The second-order valence-electron chi connectivity index (χ2n) is 7.16. The number of nitrogens with one attached hydrogen (secondary N) is 1. The van der Waals surface area contributed by atoms with E-state index in [-0.39, 0.29) is 5.91 Å². The molecule has 0 spiro atoms. The van der Waals surface area contributed by atoms with E-state index in [1.807, 2.05) is 29.9 Å². The van der Waals surface area contributed by atoms with Crippen molar-refractivity contribution in [2.75, 3.05) is 27.4 Å². The first-order valence-corrected chi connectivity index (χ1v) is 9.99. The summed E-state index contributed by atoms with van der Waals surface area (Å²) in [4.78, 5) is 17.7. The number of hydrogen-bond acceptors (Lipinski definition) is 6. The summed E-state index contributed by atoms with van der Waals surface area (Å²) >= 11 is 0. The number of methoxy groups -OCH3 is 2. The third-order valence-corrected chi connectivity index (χ3v) is 5.11. The van der Waals surface area contributed by atoms with E-state index in [9.17, 15) is 4.79 Å². The van der Waals surface area contributed by atoms with Crippen molar-refractivity contribution in [1.82, 2.24) is 14.9 Å². The average molecular weight is 423 g/mol. The number of hydrogen-bond donors (Lipinski definition) is 1. The maximum atomic E-state index is 13.2. The van der Waals surface area contributed by atoms with Crippen LogP contribution in [0.25, 0.3) is 0 Å². The lowest BCUT2D eigenvalue weighted by molar-refractivity contribution is 0.0940. The second kappa shape index (κ2) is 8.99. The molecule has 0 radical (unpaired) electrons. The minimum atomic E-state index is -0.521. The van der Waals surface area contributed by atoms with E-state index in [0.29, 0.717) is 47.6 Å². The van der Waals surface area contributed by atoms with Crippen LogP contribution >= 0.6 is 0 Å². The van der Waals surface area contributed by atoms with Gasteiger partial charge in [0.15, 0.2) is 11.5 Å². The van der Waals surface area contributed by atoms with Crippen molar-refractivity contribution in [1.29, 1.82) is 0 Å². The molecular weight excluding hydrogens is 398 g/mol. The standard InChI is InChI=1S/C23H25N3O5/c1-26-8-7-24-22(26)21(16-11-17(28-2)14-18(12-16)29-3)25-23(27)15-5-6-19-20(13-15)31-10-4-9-30-19/h5-8,11-14,21H,4,9-10H2,1-3H3,(H,25,27). The van der Waals surface area contributed by atoms with Gasteiger partial charge in [-0.2, -0.15) is 0 Å². The van der Waals surface area contributed by atoms with E-state index >= 15 is 0 Å². The van der Waals surface area contributed by atoms with Gasteiger partial charge in [-0.1, -0.05) is 0 Å². The molecule has 31 heavy (non-hydrogen) atoms. The van der Waals surface area contributed by atoms with E-state index in [1.165, 1.54) is 0 Å². The Bertz CT molecular complexity index is 1060. The average Bonchev–Trinajstić information content (AvgIpc) is 3.07. The molecule has 1 amide bonds. The fourth-order valence-corrected chi connectivity index (χ4v) is 3.47. The molecule has 1 unspecified atom stereocenters. The molecule has 0 aliphatic carbocycles. The Hall–Kier alpha value is -3.68. The predicted molar refractivity (Wildman–Crippen MR) is 114 cm³/mol. The number of aryl methyl sites for hydroxylation is 1. The van der Waals surface area contributed by atoms with Gasteiger partial charge in [-0.15, -0.1) is 0 Å². The molecule has 1 aromatic heterocycles. The van der Waals surface area contributed by atoms with Crippen LogP contribution in [0.15, 0.2) is 48.8 Å². The Kier molecular flexibility index (Phi) is 5.97. The van der Waals surface area contributed by atoms with Crippen molar-refractivity contribution >= 4 is 5.91 Å². The van der Waals surface area contributed by atoms with E-state index in [0.717, 1.165) is 12.0 Å². The number of ether oxygens (including phenoxy) is 4. The molecule has 0 bridgehead atoms. The number of carbonyl (C=O) groups is 1. The van der Waals surface area contributed by atoms with Crippen LogP contribution in [0.1, 0.15) is 34.2 Å². The van der Waals surface area contributed by atoms with Crippen LogP contribution in [-0.4, -0.2) is 42.9 Å². The third kappa shape index (κ3) is 4.42. The highest BCUT2D eigenvalue weighted by atomic mass is 16.5.